The molecule has 3 N–H and O–H groups in total. The second-order valence-electron chi connectivity index (χ2n) is 7.14. The van der Waals surface area contributed by atoms with Gasteiger partial charge in [-0.1, -0.05) is 42.5 Å². The summed E-state index contributed by atoms with van der Waals surface area (Å²) in [5.41, 5.74) is 8.14. The van der Waals surface area contributed by atoms with Gasteiger partial charge in [0.05, 0.1) is 6.04 Å². The molecule has 1 aliphatic heterocycles. The Labute approximate surface area is 146 Å². The molecule has 3 aliphatic rings. The molecule has 1 saturated heterocycles. The van der Waals surface area contributed by atoms with E-state index in [1.165, 1.54) is 18.4 Å². The maximum absolute atomic E-state index is 5.56. The first-order valence-electron chi connectivity index (χ1n) is 8.70. The van der Waals surface area contributed by atoms with Crippen LogP contribution in [-0.2, 0) is 0 Å². The van der Waals surface area contributed by atoms with Gasteiger partial charge in [-0.15, -0.1) is 0 Å². The molecule has 0 amide bonds. The van der Waals surface area contributed by atoms with Crippen LogP contribution >= 0.6 is 12.2 Å². The first kappa shape index (κ1) is 14.6. The highest BCUT2D eigenvalue weighted by molar-refractivity contribution is 7.71. The predicted molar refractivity (Wildman–Crippen MR) is 94.6 cm³/mol. The zero-order valence-corrected chi connectivity index (χ0v) is 14.2. The Bertz CT molecular complexity index is 823. The van der Waals surface area contributed by atoms with Crippen LogP contribution in [0, 0.1) is 16.6 Å². The van der Waals surface area contributed by atoms with E-state index in [9.17, 15) is 0 Å². The highest BCUT2D eigenvalue weighted by Crippen LogP contribution is 2.47. The maximum Gasteiger partial charge on any atom is 0.195 e. The predicted octanol–water partition coefficient (Wildman–Crippen LogP) is 3.36. The lowest BCUT2D eigenvalue weighted by molar-refractivity contribution is 0.394. The molecule has 2 heterocycles. The molecule has 0 spiro atoms. The van der Waals surface area contributed by atoms with Crippen molar-refractivity contribution in [3.63, 3.8) is 0 Å². The molecule has 124 valence electrons. The SMILES string of the molecule is S=c1[nH]nc(C2CC(c3ccccc3)NN2)n1C1CC2C=CC1C2. The maximum atomic E-state index is 5.56. The number of aromatic amines is 1. The Morgan fingerprint density at radius 1 is 1.00 bits per heavy atom. The Kier molecular flexibility index (Phi) is 3.43. The van der Waals surface area contributed by atoms with Crippen molar-refractivity contribution in [1.29, 1.82) is 0 Å². The van der Waals surface area contributed by atoms with Crippen molar-refractivity contribution in [1.82, 2.24) is 25.6 Å². The Morgan fingerprint density at radius 3 is 2.58 bits per heavy atom. The second-order valence-corrected chi connectivity index (χ2v) is 7.53. The first-order valence-corrected chi connectivity index (χ1v) is 9.11. The van der Waals surface area contributed by atoms with E-state index in [4.69, 9.17) is 12.2 Å². The van der Waals surface area contributed by atoms with Gasteiger partial charge in [-0.25, -0.2) is 10.9 Å². The average molecular weight is 339 g/mol. The van der Waals surface area contributed by atoms with Crippen LogP contribution in [-0.4, -0.2) is 14.8 Å². The van der Waals surface area contributed by atoms with E-state index in [1.807, 2.05) is 0 Å². The van der Waals surface area contributed by atoms with E-state index in [0.717, 1.165) is 22.9 Å². The highest BCUT2D eigenvalue weighted by Gasteiger charge is 2.40. The van der Waals surface area contributed by atoms with Crippen LogP contribution in [0.25, 0.3) is 0 Å². The zero-order valence-electron chi connectivity index (χ0n) is 13.4. The van der Waals surface area contributed by atoms with Crippen LogP contribution in [0.5, 0.6) is 0 Å². The van der Waals surface area contributed by atoms with E-state index in [-0.39, 0.29) is 6.04 Å². The normalized spacial score (nSPS) is 34.2. The van der Waals surface area contributed by atoms with Gasteiger partial charge in [0.15, 0.2) is 4.77 Å². The number of allylic oxidation sites excluding steroid dienone is 2. The number of hydrogen-bond donors (Lipinski definition) is 3. The largest absolute Gasteiger partial charge is 0.299 e. The summed E-state index contributed by atoms with van der Waals surface area (Å²) in [6, 6.07) is 11.5. The number of H-pyrrole nitrogens is 1. The molecule has 1 aromatic carbocycles. The molecule has 0 radical (unpaired) electrons. The third kappa shape index (κ3) is 2.29. The van der Waals surface area contributed by atoms with E-state index >= 15 is 0 Å². The molecule has 5 nitrogen and oxygen atoms in total. The monoisotopic (exact) mass is 339 g/mol. The molecule has 24 heavy (non-hydrogen) atoms. The number of nitrogens with one attached hydrogen (secondary N) is 3. The average Bonchev–Trinajstić information content (AvgIpc) is 3.38. The van der Waals surface area contributed by atoms with Gasteiger partial charge in [-0.2, -0.15) is 5.10 Å². The lowest BCUT2D eigenvalue weighted by Crippen LogP contribution is -2.29. The van der Waals surface area contributed by atoms with Gasteiger partial charge in [0, 0.05) is 12.1 Å². The summed E-state index contributed by atoms with van der Waals surface area (Å²) in [4.78, 5) is 0. The third-order valence-electron chi connectivity index (χ3n) is 5.72. The fraction of sp³-hybridized carbons (Fsp3) is 0.444. The van der Waals surface area contributed by atoms with Gasteiger partial charge in [0.25, 0.3) is 0 Å². The van der Waals surface area contributed by atoms with Gasteiger partial charge < -0.3 is 0 Å². The topological polar surface area (TPSA) is 57.7 Å². The van der Waals surface area contributed by atoms with Gasteiger partial charge in [-0.3, -0.25) is 9.67 Å². The minimum absolute atomic E-state index is 0.172. The van der Waals surface area contributed by atoms with E-state index in [1.54, 1.807) is 0 Å². The van der Waals surface area contributed by atoms with Gasteiger partial charge in [0.2, 0.25) is 0 Å². The smallest absolute Gasteiger partial charge is 0.195 e. The van der Waals surface area contributed by atoms with Crippen molar-refractivity contribution in [2.45, 2.75) is 37.4 Å². The number of nitrogens with zero attached hydrogens (tertiary/aromatic N) is 2. The van der Waals surface area contributed by atoms with E-state index < -0.39 is 0 Å². The van der Waals surface area contributed by atoms with Crippen LogP contribution in [0.4, 0.5) is 0 Å². The number of hydrazine groups is 1. The number of benzene rings is 1. The lowest BCUT2D eigenvalue weighted by atomic mass is 9.99. The summed E-state index contributed by atoms with van der Waals surface area (Å²) in [5.74, 6) is 2.37. The lowest BCUT2D eigenvalue weighted by Gasteiger charge is -2.23. The van der Waals surface area contributed by atoms with Gasteiger partial charge in [-0.05, 0) is 48.9 Å². The minimum atomic E-state index is 0.172. The van der Waals surface area contributed by atoms with Crippen molar-refractivity contribution in [2.24, 2.45) is 11.8 Å². The quantitative estimate of drug-likeness (QED) is 0.593. The number of hydrogen-bond acceptors (Lipinski definition) is 4. The number of aromatic nitrogens is 3. The summed E-state index contributed by atoms with van der Waals surface area (Å²) in [6.07, 6.45) is 8.15. The Balaban J connectivity index is 1.42. The molecule has 2 aromatic rings. The summed E-state index contributed by atoms with van der Waals surface area (Å²) >= 11 is 5.56. The van der Waals surface area contributed by atoms with Crippen molar-refractivity contribution in [3.8, 4) is 0 Å². The van der Waals surface area contributed by atoms with Crippen LogP contribution in [0.15, 0.2) is 42.5 Å². The van der Waals surface area contributed by atoms with Crippen molar-refractivity contribution < 1.29 is 0 Å². The molecule has 6 heteroatoms. The standard InChI is InChI=1S/C18H21N5S/c24-18-22-21-17(23(18)16-9-11-6-7-13(16)8-11)15-10-14(19-20-15)12-4-2-1-3-5-12/h1-7,11,13-16,19-20H,8-10H2,(H,22,24). The Morgan fingerprint density at radius 2 is 1.83 bits per heavy atom. The van der Waals surface area contributed by atoms with Gasteiger partial charge >= 0.3 is 0 Å². The van der Waals surface area contributed by atoms with Gasteiger partial charge in [0.1, 0.15) is 5.82 Å². The molecule has 1 saturated carbocycles. The summed E-state index contributed by atoms with van der Waals surface area (Å²) in [6.45, 7) is 0. The molecule has 5 rings (SSSR count). The number of fused-ring (bicyclic) bond motifs is 2. The fourth-order valence-corrected chi connectivity index (χ4v) is 4.84. The van der Waals surface area contributed by atoms with E-state index in [2.05, 4.69) is 68.1 Å². The van der Waals surface area contributed by atoms with Crippen LogP contribution < -0.4 is 10.9 Å². The van der Waals surface area contributed by atoms with Crippen LogP contribution in [0.2, 0.25) is 0 Å². The zero-order chi connectivity index (χ0) is 16.1. The molecular formula is C18H21N5S. The van der Waals surface area contributed by atoms with Crippen molar-refractivity contribution >= 4 is 12.2 Å². The molecule has 1 aromatic heterocycles. The number of rotatable bonds is 3. The summed E-state index contributed by atoms with van der Waals surface area (Å²) < 4.78 is 3.02. The third-order valence-corrected chi connectivity index (χ3v) is 6.01. The molecule has 2 fully saturated rings. The molecule has 5 atom stereocenters. The summed E-state index contributed by atoms with van der Waals surface area (Å²) in [5, 5.41) is 7.60. The van der Waals surface area contributed by atoms with E-state index in [0.29, 0.717) is 18.0 Å². The fourth-order valence-electron chi connectivity index (χ4n) is 4.56. The highest BCUT2D eigenvalue weighted by atomic mass is 32.1. The van der Waals surface area contributed by atoms with Crippen LogP contribution in [0.1, 0.15) is 48.8 Å². The molecule has 2 aliphatic carbocycles. The second kappa shape index (κ2) is 5.65. The summed E-state index contributed by atoms with van der Waals surface area (Å²) in [7, 11) is 0. The van der Waals surface area contributed by atoms with Crippen molar-refractivity contribution in [2.75, 3.05) is 0 Å². The first-order chi connectivity index (χ1) is 11.8. The molecular weight excluding hydrogens is 318 g/mol. The minimum Gasteiger partial charge on any atom is -0.299 e. The van der Waals surface area contributed by atoms with Crippen molar-refractivity contribution in [3.05, 3.63) is 58.6 Å². The molecule has 5 unspecified atom stereocenters. The molecule has 2 bridgehead atoms. The van der Waals surface area contributed by atoms with Crippen LogP contribution in [0.3, 0.4) is 0 Å². The Hall–Kier alpha value is -1.76.